The van der Waals surface area contributed by atoms with Crippen LogP contribution in [0, 0.1) is 0 Å². The van der Waals surface area contributed by atoms with Crippen molar-refractivity contribution in [2.45, 2.75) is 32.4 Å². The maximum atomic E-state index is 13.5. The van der Waals surface area contributed by atoms with Crippen LogP contribution in [0.1, 0.15) is 41.0 Å². The molecule has 178 valence electrons. The van der Waals surface area contributed by atoms with Gasteiger partial charge in [-0.25, -0.2) is 0 Å². The Balaban J connectivity index is 1.45. The number of amides is 2. The van der Waals surface area contributed by atoms with Crippen LogP contribution in [0.3, 0.4) is 0 Å². The predicted octanol–water partition coefficient (Wildman–Crippen LogP) is 5.33. The fourth-order valence-corrected chi connectivity index (χ4v) is 5.36. The number of carbonyl (C=O) groups is 2. The van der Waals surface area contributed by atoms with Crippen LogP contribution in [0.2, 0.25) is 5.02 Å². The first-order chi connectivity index (χ1) is 16.6. The zero-order chi connectivity index (χ0) is 23.9. The molecule has 2 amide bonds. The fourth-order valence-electron chi connectivity index (χ4n) is 4.33. The molecule has 0 aliphatic carbocycles. The Morgan fingerprint density at radius 1 is 1.12 bits per heavy atom. The molecule has 1 unspecified atom stereocenters. The molecule has 1 aliphatic rings. The number of rotatable bonds is 9. The first-order valence-corrected chi connectivity index (χ1v) is 12.8. The van der Waals surface area contributed by atoms with Gasteiger partial charge in [0.25, 0.3) is 0 Å². The van der Waals surface area contributed by atoms with Gasteiger partial charge in [0.15, 0.2) is 0 Å². The van der Waals surface area contributed by atoms with E-state index in [-0.39, 0.29) is 31.0 Å². The number of halogens is 1. The highest BCUT2D eigenvalue weighted by Crippen LogP contribution is 2.38. The van der Waals surface area contributed by atoms with Crippen molar-refractivity contribution >= 4 is 34.8 Å². The van der Waals surface area contributed by atoms with Crippen LogP contribution in [0.15, 0.2) is 66.0 Å². The van der Waals surface area contributed by atoms with Gasteiger partial charge in [0.2, 0.25) is 11.8 Å². The van der Waals surface area contributed by atoms with E-state index in [9.17, 15) is 9.59 Å². The topological polar surface area (TPSA) is 49.9 Å². The molecule has 7 heteroatoms. The van der Waals surface area contributed by atoms with E-state index in [1.807, 2.05) is 66.4 Å². The minimum Gasteiger partial charge on any atom is -0.367 e. The molecular weight excluding hydrogens is 468 g/mol. The fraction of sp³-hybridized carbons (Fsp3) is 0.333. The van der Waals surface area contributed by atoms with E-state index >= 15 is 0 Å². The van der Waals surface area contributed by atoms with E-state index in [1.165, 1.54) is 4.88 Å². The summed E-state index contributed by atoms with van der Waals surface area (Å²) in [7, 11) is 0. The summed E-state index contributed by atoms with van der Waals surface area (Å²) in [5.41, 5.74) is 3.20. The molecule has 34 heavy (non-hydrogen) atoms. The lowest BCUT2D eigenvalue weighted by Crippen LogP contribution is -2.47. The quantitative estimate of drug-likeness (QED) is 0.402. The summed E-state index contributed by atoms with van der Waals surface area (Å²) in [6.07, 6.45) is 1.59. The van der Waals surface area contributed by atoms with Crippen molar-refractivity contribution in [3.8, 4) is 0 Å². The monoisotopic (exact) mass is 496 g/mol. The summed E-state index contributed by atoms with van der Waals surface area (Å²) in [4.78, 5) is 31.3. The number of fused-ring (bicyclic) bond motifs is 1. The number of hydrogen-bond acceptors (Lipinski definition) is 4. The van der Waals surface area contributed by atoms with Gasteiger partial charge < -0.3 is 14.5 Å². The SMILES string of the molecule is CCCN(CC(=O)N1CCc2sccc2C1c1ccc(Cl)cc1)C(=O)COCc1ccccc1. The van der Waals surface area contributed by atoms with Gasteiger partial charge in [0.05, 0.1) is 19.2 Å². The summed E-state index contributed by atoms with van der Waals surface area (Å²) in [5, 5.41) is 2.75. The molecular formula is C27H29ClN2O3S. The summed E-state index contributed by atoms with van der Waals surface area (Å²) in [5.74, 6) is -0.218. The second-order valence-electron chi connectivity index (χ2n) is 8.38. The van der Waals surface area contributed by atoms with Crippen molar-refractivity contribution < 1.29 is 14.3 Å². The second-order valence-corrected chi connectivity index (χ2v) is 9.82. The Morgan fingerprint density at radius 3 is 2.62 bits per heavy atom. The van der Waals surface area contributed by atoms with E-state index < -0.39 is 0 Å². The molecule has 0 bridgehead atoms. The van der Waals surface area contributed by atoms with Crippen LogP contribution >= 0.6 is 22.9 Å². The lowest BCUT2D eigenvalue weighted by Gasteiger charge is -2.37. The highest BCUT2D eigenvalue weighted by atomic mass is 35.5. The molecule has 0 fully saturated rings. The van der Waals surface area contributed by atoms with Crippen molar-refractivity contribution in [1.29, 1.82) is 0 Å². The van der Waals surface area contributed by atoms with Gasteiger partial charge in [-0.1, -0.05) is 61.0 Å². The van der Waals surface area contributed by atoms with Gasteiger partial charge >= 0.3 is 0 Å². The largest absolute Gasteiger partial charge is 0.367 e. The maximum Gasteiger partial charge on any atom is 0.249 e. The van der Waals surface area contributed by atoms with E-state index in [4.69, 9.17) is 16.3 Å². The molecule has 3 aromatic rings. The Bertz CT molecular complexity index is 1100. The molecule has 5 nitrogen and oxygen atoms in total. The molecule has 2 aromatic carbocycles. The average molecular weight is 497 g/mol. The molecule has 1 aromatic heterocycles. The summed E-state index contributed by atoms with van der Waals surface area (Å²) in [6, 6.07) is 19.4. The van der Waals surface area contributed by atoms with E-state index in [2.05, 4.69) is 11.4 Å². The van der Waals surface area contributed by atoms with Gasteiger partial charge in [0, 0.05) is 23.0 Å². The first-order valence-electron chi connectivity index (χ1n) is 11.6. The van der Waals surface area contributed by atoms with Crippen molar-refractivity contribution in [2.75, 3.05) is 26.2 Å². The third-order valence-corrected chi connectivity index (χ3v) is 7.23. The molecule has 2 heterocycles. The molecule has 0 N–H and O–H groups in total. The molecule has 0 radical (unpaired) electrons. The van der Waals surface area contributed by atoms with E-state index in [1.54, 1.807) is 16.2 Å². The molecule has 0 saturated heterocycles. The summed E-state index contributed by atoms with van der Waals surface area (Å²) >= 11 is 7.84. The average Bonchev–Trinajstić information content (AvgIpc) is 3.33. The molecule has 0 saturated carbocycles. The van der Waals surface area contributed by atoms with Gasteiger partial charge in [-0.15, -0.1) is 11.3 Å². The molecule has 1 atom stereocenters. The van der Waals surface area contributed by atoms with Crippen LogP contribution in [-0.2, 0) is 27.4 Å². The van der Waals surface area contributed by atoms with E-state index in [0.717, 1.165) is 29.5 Å². The molecule has 0 spiro atoms. The predicted molar refractivity (Wildman–Crippen MR) is 136 cm³/mol. The van der Waals surface area contributed by atoms with Gasteiger partial charge in [-0.3, -0.25) is 9.59 Å². The molecule has 1 aliphatic heterocycles. The minimum absolute atomic E-state index is 0.0442. The number of carbonyl (C=O) groups excluding carboxylic acids is 2. The van der Waals surface area contributed by atoms with Gasteiger partial charge in [-0.2, -0.15) is 0 Å². The number of benzene rings is 2. The van der Waals surface area contributed by atoms with Crippen molar-refractivity contribution in [3.05, 3.63) is 92.6 Å². The summed E-state index contributed by atoms with van der Waals surface area (Å²) in [6.45, 7) is 3.51. The normalized spacial score (nSPS) is 15.1. The first kappa shape index (κ1) is 24.5. The number of nitrogens with zero attached hydrogens (tertiary/aromatic N) is 2. The molecule has 4 rings (SSSR count). The van der Waals surface area contributed by atoms with Gasteiger partial charge in [-0.05, 0) is 53.1 Å². The van der Waals surface area contributed by atoms with Crippen LogP contribution < -0.4 is 0 Å². The van der Waals surface area contributed by atoms with Crippen molar-refractivity contribution in [1.82, 2.24) is 9.80 Å². The van der Waals surface area contributed by atoms with Crippen molar-refractivity contribution in [2.24, 2.45) is 0 Å². The van der Waals surface area contributed by atoms with Crippen LogP contribution in [-0.4, -0.2) is 47.9 Å². The lowest BCUT2D eigenvalue weighted by atomic mass is 9.93. The zero-order valence-corrected chi connectivity index (χ0v) is 20.9. The third kappa shape index (κ3) is 5.87. The van der Waals surface area contributed by atoms with Crippen LogP contribution in [0.4, 0.5) is 0 Å². The standard InChI is InChI=1S/C27H29ClN2O3S/c1-2-14-29(26(32)19-33-18-20-6-4-3-5-7-20)17-25(31)30-15-12-24-23(13-16-34-24)27(30)21-8-10-22(28)11-9-21/h3-11,13,16,27H,2,12,14-15,17-19H2,1H3. The minimum atomic E-state index is -0.173. The number of hydrogen-bond donors (Lipinski definition) is 0. The van der Waals surface area contributed by atoms with Crippen molar-refractivity contribution in [3.63, 3.8) is 0 Å². The van der Waals surface area contributed by atoms with Crippen LogP contribution in [0.5, 0.6) is 0 Å². The van der Waals surface area contributed by atoms with Crippen LogP contribution in [0.25, 0.3) is 0 Å². The van der Waals surface area contributed by atoms with Gasteiger partial charge in [0.1, 0.15) is 6.61 Å². The number of thiophene rings is 1. The number of ether oxygens (including phenoxy) is 1. The zero-order valence-electron chi connectivity index (χ0n) is 19.3. The Hall–Kier alpha value is -2.67. The third-order valence-electron chi connectivity index (χ3n) is 5.98. The maximum absolute atomic E-state index is 13.5. The Labute approximate surface area is 209 Å². The van der Waals surface area contributed by atoms with E-state index in [0.29, 0.717) is 24.7 Å². The highest BCUT2D eigenvalue weighted by Gasteiger charge is 2.33. The Kier molecular flexibility index (Phi) is 8.38. The highest BCUT2D eigenvalue weighted by molar-refractivity contribution is 7.10. The smallest absolute Gasteiger partial charge is 0.249 e. The second kappa shape index (κ2) is 11.6. The summed E-state index contributed by atoms with van der Waals surface area (Å²) < 4.78 is 5.65. The Morgan fingerprint density at radius 2 is 1.88 bits per heavy atom. The lowest BCUT2D eigenvalue weighted by molar-refractivity contribution is -0.144.